The van der Waals surface area contributed by atoms with Crippen LogP contribution >= 0.6 is 0 Å². The van der Waals surface area contributed by atoms with Crippen molar-refractivity contribution in [1.82, 2.24) is 10.2 Å². The second-order valence-electron chi connectivity index (χ2n) is 6.32. The van der Waals surface area contributed by atoms with Gasteiger partial charge in [-0.25, -0.2) is 0 Å². The van der Waals surface area contributed by atoms with Gasteiger partial charge in [0, 0.05) is 19.7 Å². The van der Waals surface area contributed by atoms with Crippen molar-refractivity contribution in [3.63, 3.8) is 0 Å². The maximum Gasteiger partial charge on any atom is 0.0630 e. The van der Waals surface area contributed by atoms with E-state index in [1.54, 1.807) is 0 Å². The van der Waals surface area contributed by atoms with E-state index in [9.17, 15) is 0 Å². The minimum absolute atomic E-state index is 0.502. The third-order valence-corrected chi connectivity index (χ3v) is 3.49. The SMILES string of the molecule is CCNCC(COC)N(CCC(C)C)CCC(C)C. The Kier molecular flexibility index (Phi) is 11.6. The fourth-order valence-electron chi connectivity index (χ4n) is 2.12. The van der Waals surface area contributed by atoms with E-state index in [4.69, 9.17) is 4.74 Å². The molecule has 0 saturated heterocycles. The highest BCUT2D eigenvalue weighted by Gasteiger charge is 2.18. The first-order valence-electron chi connectivity index (χ1n) is 7.94. The van der Waals surface area contributed by atoms with Gasteiger partial charge >= 0.3 is 0 Å². The standard InChI is InChI=1S/C16H36N2O/c1-7-17-12-16(13-19-6)18(10-8-14(2)3)11-9-15(4)5/h14-17H,7-13H2,1-6H3. The highest BCUT2D eigenvalue weighted by Crippen LogP contribution is 2.10. The molecule has 0 fully saturated rings. The van der Waals surface area contributed by atoms with E-state index in [0.29, 0.717) is 6.04 Å². The number of rotatable bonds is 12. The molecule has 3 nitrogen and oxygen atoms in total. The zero-order valence-electron chi connectivity index (χ0n) is 14.0. The van der Waals surface area contributed by atoms with Gasteiger partial charge in [0.15, 0.2) is 0 Å². The van der Waals surface area contributed by atoms with Crippen LogP contribution in [-0.2, 0) is 4.74 Å². The summed E-state index contributed by atoms with van der Waals surface area (Å²) in [6.45, 7) is 16.6. The normalized spacial score (nSPS) is 13.7. The molecule has 1 N–H and O–H groups in total. The van der Waals surface area contributed by atoms with Crippen molar-refractivity contribution in [2.24, 2.45) is 11.8 Å². The predicted octanol–water partition coefficient (Wildman–Crippen LogP) is 3.01. The molecule has 1 atom stereocenters. The number of likely N-dealkylation sites (N-methyl/N-ethyl adjacent to an activating group) is 1. The van der Waals surface area contributed by atoms with Gasteiger partial charge in [0.05, 0.1) is 6.61 Å². The number of hydrogen-bond acceptors (Lipinski definition) is 3. The molecule has 0 amide bonds. The molecule has 0 aliphatic rings. The summed E-state index contributed by atoms with van der Waals surface area (Å²) >= 11 is 0. The molecular weight excluding hydrogens is 236 g/mol. The maximum absolute atomic E-state index is 5.41. The summed E-state index contributed by atoms with van der Waals surface area (Å²) in [5.41, 5.74) is 0. The van der Waals surface area contributed by atoms with Crippen molar-refractivity contribution in [1.29, 1.82) is 0 Å². The Morgan fingerprint density at radius 3 is 1.89 bits per heavy atom. The Morgan fingerprint density at radius 2 is 1.53 bits per heavy atom. The van der Waals surface area contributed by atoms with Gasteiger partial charge in [-0.05, 0) is 44.3 Å². The number of hydrogen-bond donors (Lipinski definition) is 1. The largest absolute Gasteiger partial charge is 0.383 e. The van der Waals surface area contributed by atoms with Crippen LogP contribution in [0.4, 0.5) is 0 Å². The van der Waals surface area contributed by atoms with Gasteiger partial charge in [0.2, 0.25) is 0 Å². The van der Waals surface area contributed by atoms with Crippen molar-refractivity contribution in [3.8, 4) is 0 Å². The van der Waals surface area contributed by atoms with Crippen molar-refractivity contribution in [2.75, 3.05) is 39.9 Å². The van der Waals surface area contributed by atoms with Gasteiger partial charge in [-0.1, -0.05) is 34.6 Å². The Hall–Kier alpha value is -0.120. The molecule has 0 aliphatic carbocycles. The monoisotopic (exact) mass is 272 g/mol. The van der Waals surface area contributed by atoms with Crippen molar-refractivity contribution in [3.05, 3.63) is 0 Å². The highest BCUT2D eigenvalue weighted by molar-refractivity contribution is 4.75. The molecule has 0 aromatic carbocycles. The Bertz CT molecular complexity index is 183. The van der Waals surface area contributed by atoms with Gasteiger partial charge in [0.25, 0.3) is 0 Å². The highest BCUT2D eigenvalue weighted by atomic mass is 16.5. The first-order valence-corrected chi connectivity index (χ1v) is 7.94. The molecule has 0 saturated carbocycles. The third-order valence-electron chi connectivity index (χ3n) is 3.49. The van der Waals surface area contributed by atoms with Crippen LogP contribution in [0, 0.1) is 11.8 Å². The van der Waals surface area contributed by atoms with E-state index < -0.39 is 0 Å². The molecule has 116 valence electrons. The minimum atomic E-state index is 0.502. The third kappa shape index (κ3) is 10.3. The lowest BCUT2D eigenvalue weighted by Crippen LogP contribution is -2.46. The van der Waals surface area contributed by atoms with E-state index in [0.717, 1.165) is 31.5 Å². The van der Waals surface area contributed by atoms with Crippen LogP contribution in [0.5, 0.6) is 0 Å². The van der Waals surface area contributed by atoms with Crippen molar-refractivity contribution in [2.45, 2.75) is 53.5 Å². The van der Waals surface area contributed by atoms with Crippen LogP contribution in [0.3, 0.4) is 0 Å². The van der Waals surface area contributed by atoms with Crippen LogP contribution in [-0.4, -0.2) is 50.8 Å². The number of nitrogens with one attached hydrogen (secondary N) is 1. The molecule has 0 spiro atoms. The van der Waals surface area contributed by atoms with Gasteiger partial charge in [-0.2, -0.15) is 0 Å². The van der Waals surface area contributed by atoms with Crippen LogP contribution in [0.25, 0.3) is 0 Å². The van der Waals surface area contributed by atoms with Crippen molar-refractivity contribution >= 4 is 0 Å². The molecule has 0 heterocycles. The van der Waals surface area contributed by atoms with Crippen molar-refractivity contribution < 1.29 is 4.74 Å². The van der Waals surface area contributed by atoms with Gasteiger partial charge in [0.1, 0.15) is 0 Å². The number of methoxy groups -OCH3 is 1. The van der Waals surface area contributed by atoms with Crippen LogP contribution < -0.4 is 5.32 Å². The Balaban J connectivity index is 4.42. The van der Waals surface area contributed by atoms with Gasteiger partial charge in [-0.15, -0.1) is 0 Å². The quantitative estimate of drug-likeness (QED) is 0.591. The molecule has 3 heteroatoms. The summed E-state index contributed by atoms with van der Waals surface area (Å²) in [6.07, 6.45) is 2.54. The summed E-state index contributed by atoms with van der Waals surface area (Å²) in [6, 6.07) is 0.502. The van der Waals surface area contributed by atoms with Crippen LogP contribution in [0.1, 0.15) is 47.5 Å². The Morgan fingerprint density at radius 1 is 1.00 bits per heavy atom. The molecular formula is C16H36N2O. The molecule has 0 rings (SSSR count). The zero-order chi connectivity index (χ0) is 14.7. The second-order valence-corrected chi connectivity index (χ2v) is 6.32. The summed E-state index contributed by atoms with van der Waals surface area (Å²) < 4.78 is 5.41. The smallest absolute Gasteiger partial charge is 0.0630 e. The topological polar surface area (TPSA) is 24.5 Å². The predicted molar refractivity (Wildman–Crippen MR) is 84.7 cm³/mol. The van der Waals surface area contributed by atoms with Crippen LogP contribution in [0.2, 0.25) is 0 Å². The lowest BCUT2D eigenvalue weighted by atomic mass is 10.1. The maximum atomic E-state index is 5.41. The van der Waals surface area contributed by atoms with Gasteiger partial charge in [-0.3, -0.25) is 4.90 Å². The zero-order valence-corrected chi connectivity index (χ0v) is 14.0. The lowest BCUT2D eigenvalue weighted by molar-refractivity contribution is 0.0828. The summed E-state index contributed by atoms with van der Waals surface area (Å²) in [5, 5.41) is 3.47. The first kappa shape index (κ1) is 18.9. The summed E-state index contributed by atoms with van der Waals surface area (Å²) in [4.78, 5) is 2.62. The lowest BCUT2D eigenvalue weighted by Gasteiger charge is -2.32. The molecule has 0 aromatic rings. The van der Waals surface area contributed by atoms with E-state index >= 15 is 0 Å². The molecule has 0 radical (unpaired) electrons. The summed E-state index contributed by atoms with van der Waals surface area (Å²) in [5.74, 6) is 1.53. The van der Waals surface area contributed by atoms with E-state index in [2.05, 4.69) is 44.8 Å². The molecule has 1 unspecified atom stereocenters. The minimum Gasteiger partial charge on any atom is -0.383 e. The number of ether oxygens (including phenoxy) is 1. The average Bonchev–Trinajstić information content (AvgIpc) is 2.34. The first-order chi connectivity index (χ1) is 9.01. The number of nitrogens with zero attached hydrogens (tertiary/aromatic N) is 1. The fraction of sp³-hybridized carbons (Fsp3) is 1.00. The average molecular weight is 272 g/mol. The second kappa shape index (κ2) is 11.7. The Labute approximate surface area is 121 Å². The fourth-order valence-corrected chi connectivity index (χ4v) is 2.12. The van der Waals surface area contributed by atoms with E-state index in [-0.39, 0.29) is 0 Å². The van der Waals surface area contributed by atoms with Crippen LogP contribution in [0.15, 0.2) is 0 Å². The molecule has 0 aromatic heterocycles. The molecule has 19 heavy (non-hydrogen) atoms. The molecule has 0 bridgehead atoms. The summed E-state index contributed by atoms with van der Waals surface area (Å²) in [7, 11) is 1.81. The van der Waals surface area contributed by atoms with E-state index in [1.807, 2.05) is 7.11 Å². The van der Waals surface area contributed by atoms with Gasteiger partial charge < -0.3 is 10.1 Å². The molecule has 0 aliphatic heterocycles. The van der Waals surface area contributed by atoms with E-state index in [1.165, 1.54) is 25.9 Å².